The average molecular weight is 269 g/mol. The summed E-state index contributed by atoms with van der Waals surface area (Å²) in [5, 5.41) is 0.612. The largest absolute Gasteiger partial charge is 0.383 e. The summed E-state index contributed by atoms with van der Waals surface area (Å²) in [4.78, 5) is 23.6. The number of hydrogen-bond acceptors (Lipinski definition) is 6. The minimum absolute atomic E-state index is 0.0275. The van der Waals surface area contributed by atoms with E-state index in [1.165, 1.54) is 11.8 Å². The highest BCUT2D eigenvalue weighted by Crippen LogP contribution is 2.18. The van der Waals surface area contributed by atoms with Gasteiger partial charge in [0.15, 0.2) is 5.16 Å². The normalized spacial score (nSPS) is 10.2. The Bertz CT molecular complexity index is 424. The van der Waals surface area contributed by atoms with Crippen LogP contribution in [0.5, 0.6) is 0 Å². The fraction of sp³-hybridized carbons (Fsp3) is 0.545. The van der Waals surface area contributed by atoms with Crippen molar-refractivity contribution in [2.75, 3.05) is 44.1 Å². The first-order chi connectivity index (χ1) is 8.47. The number of nitrogens with two attached hydrogens (primary N) is 1. The molecule has 1 rings (SSSR count). The van der Waals surface area contributed by atoms with E-state index in [0.29, 0.717) is 23.3 Å². The molecule has 0 aromatic carbocycles. The van der Waals surface area contributed by atoms with E-state index in [1.807, 2.05) is 18.1 Å². The lowest BCUT2D eigenvalue weighted by Gasteiger charge is -2.23. The van der Waals surface area contributed by atoms with Gasteiger partial charge in [-0.2, -0.15) is 0 Å². The Labute approximate surface area is 112 Å². The Hall–Kier alpha value is -1.50. The zero-order chi connectivity index (χ0) is 13.7. The summed E-state index contributed by atoms with van der Waals surface area (Å²) < 4.78 is 0. The SMILES string of the molecule is CCN(CC(=O)N(C)C)c1cc(N)nc(SC)n1. The lowest BCUT2D eigenvalue weighted by atomic mass is 10.4. The molecule has 0 unspecified atom stereocenters. The van der Waals surface area contributed by atoms with Crippen molar-refractivity contribution in [3.63, 3.8) is 0 Å². The van der Waals surface area contributed by atoms with Gasteiger partial charge in [0, 0.05) is 26.7 Å². The van der Waals surface area contributed by atoms with Crippen LogP contribution in [0.4, 0.5) is 11.6 Å². The topological polar surface area (TPSA) is 75.4 Å². The number of amides is 1. The van der Waals surface area contributed by atoms with Gasteiger partial charge in [0.2, 0.25) is 5.91 Å². The summed E-state index contributed by atoms with van der Waals surface area (Å²) in [7, 11) is 3.47. The molecule has 7 heteroatoms. The van der Waals surface area contributed by atoms with Gasteiger partial charge in [-0.05, 0) is 13.2 Å². The van der Waals surface area contributed by atoms with Gasteiger partial charge in [0.1, 0.15) is 11.6 Å². The van der Waals surface area contributed by atoms with Crippen LogP contribution in [0.15, 0.2) is 11.2 Å². The smallest absolute Gasteiger partial charge is 0.241 e. The lowest BCUT2D eigenvalue weighted by molar-refractivity contribution is -0.127. The Morgan fingerprint density at radius 3 is 2.61 bits per heavy atom. The van der Waals surface area contributed by atoms with E-state index >= 15 is 0 Å². The Kier molecular flexibility index (Phi) is 5.21. The summed E-state index contributed by atoms with van der Waals surface area (Å²) >= 11 is 1.43. The number of nitrogens with zero attached hydrogens (tertiary/aromatic N) is 4. The minimum Gasteiger partial charge on any atom is -0.383 e. The van der Waals surface area contributed by atoms with Gasteiger partial charge < -0.3 is 15.5 Å². The molecule has 1 aromatic heterocycles. The van der Waals surface area contributed by atoms with Gasteiger partial charge in [-0.25, -0.2) is 9.97 Å². The van der Waals surface area contributed by atoms with E-state index in [-0.39, 0.29) is 12.5 Å². The molecule has 0 spiro atoms. The molecule has 0 radical (unpaired) electrons. The molecule has 0 saturated carbocycles. The van der Waals surface area contributed by atoms with Crippen molar-refractivity contribution in [2.24, 2.45) is 0 Å². The molecule has 1 heterocycles. The molecule has 1 aromatic rings. The number of anilines is 2. The quantitative estimate of drug-likeness (QED) is 0.626. The second-order valence-electron chi connectivity index (χ2n) is 3.94. The third-order valence-corrected chi connectivity index (χ3v) is 2.97. The van der Waals surface area contributed by atoms with Gasteiger partial charge in [0.25, 0.3) is 0 Å². The van der Waals surface area contributed by atoms with Crippen molar-refractivity contribution < 1.29 is 4.79 Å². The van der Waals surface area contributed by atoms with Gasteiger partial charge in [-0.1, -0.05) is 11.8 Å². The maximum absolute atomic E-state index is 11.7. The molecule has 0 saturated heterocycles. The number of nitrogen functional groups attached to an aromatic ring is 1. The third kappa shape index (κ3) is 3.76. The first kappa shape index (κ1) is 14.6. The second kappa shape index (κ2) is 6.44. The Balaban J connectivity index is 2.94. The van der Waals surface area contributed by atoms with Crippen molar-refractivity contribution in [3.8, 4) is 0 Å². The van der Waals surface area contributed by atoms with E-state index in [9.17, 15) is 4.79 Å². The standard InChI is InChI=1S/C11H19N5OS/c1-5-16(7-10(17)15(2)3)9-6-8(12)13-11(14-9)18-4/h6H,5,7H2,1-4H3,(H2,12,13,14). The molecular weight excluding hydrogens is 250 g/mol. The van der Waals surface area contributed by atoms with Crippen LogP contribution in [0.25, 0.3) is 0 Å². The molecule has 100 valence electrons. The second-order valence-corrected chi connectivity index (χ2v) is 4.71. The Morgan fingerprint density at radius 2 is 2.11 bits per heavy atom. The van der Waals surface area contributed by atoms with Crippen LogP contribution in [0.1, 0.15) is 6.92 Å². The molecule has 18 heavy (non-hydrogen) atoms. The summed E-state index contributed by atoms with van der Waals surface area (Å²) in [5.74, 6) is 1.13. The number of rotatable bonds is 5. The monoisotopic (exact) mass is 269 g/mol. The fourth-order valence-corrected chi connectivity index (χ4v) is 1.72. The maximum Gasteiger partial charge on any atom is 0.241 e. The fourth-order valence-electron chi connectivity index (χ4n) is 1.34. The highest BCUT2D eigenvalue weighted by molar-refractivity contribution is 7.98. The van der Waals surface area contributed by atoms with Crippen LogP contribution < -0.4 is 10.6 Å². The van der Waals surface area contributed by atoms with Crippen molar-refractivity contribution in [1.29, 1.82) is 0 Å². The summed E-state index contributed by atoms with van der Waals surface area (Å²) in [6, 6.07) is 1.69. The molecule has 0 fully saturated rings. The zero-order valence-electron chi connectivity index (χ0n) is 11.2. The number of carbonyl (C=O) groups is 1. The molecule has 0 aliphatic carbocycles. The predicted octanol–water partition coefficient (Wildman–Crippen LogP) is 0.695. The zero-order valence-corrected chi connectivity index (χ0v) is 12.0. The van der Waals surface area contributed by atoms with E-state index in [4.69, 9.17) is 5.73 Å². The minimum atomic E-state index is 0.0275. The lowest BCUT2D eigenvalue weighted by Crippen LogP contribution is -2.37. The molecule has 0 aliphatic heterocycles. The molecule has 2 N–H and O–H groups in total. The van der Waals surface area contributed by atoms with Crippen LogP contribution >= 0.6 is 11.8 Å². The van der Waals surface area contributed by atoms with Crippen LogP contribution in [0.2, 0.25) is 0 Å². The maximum atomic E-state index is 11.7. The van der Waals surface area contributed by atoms with Crippen molar-refractivity contribution >= 4 is 29.3 Å². The van der Waals surface area contributed by atoms with Gasteiger partial charge >= 0.3 is 0 Å². The first-order valence-corrected chi connectivity index (χ1v) is 6.84. The molecular formula is C11H19N5OS. The molecule has 1 amide bonds. The molecule has 6 nitrogen and oxygen atoms in total. The number of carbonyl (C=O) groups excluding carboxylic acids is 1. The van der Waals surface area contributed by atoms with Gasteiger partial charge in [-0.3, -0.25) is 4.79 Å². The number of thioether (sulfide) groups is 1. The average Bonchev–Trinajstić information content (AvgIpc) is 2.34. The Morgan fingerprint density at radius 1 is 1.44 bits per heavy atom. The number of aromatic nitrogens is 2. The van der Waals surface area contributed by atoms with E-state index in [2.05, 4.69) is 9.97 Å². The first-order valence-electron chi connectivity index (χ1n) is 5.61. The third-order valence-electron chi connectivity index (χ3n) is 2.43. The summed E-state index contributed by atoms with van der Waals surface area (Å²) in [5.41, 5.74) is 5.73. The highest BCUT2D eigenvalue weighted by Gasteiger charge is 2.14. The van der Waals surface area contributed by atoms with Crippen molar-refractivity contribution in [3.05, 3.63) is 6.07 Å². The predicted molar refractivity (Wildman–Crippen MR) is 74.8 cm³/mol. The molecule has 0 atom stereocenters. The number of likely N-dealkylation sites (N-methyl/N-ethyl adjacent to an activating group) is 2. The number of hydrogen-bond donors (Lipinski definition) is 1. The highest BCUT2D eigenvalue weighted by atomic mass is 32.2. The summed E-state index contributed by atoms with van der Waals surface area (Å²) in [6.07, 6.45) is 1.89. The van der Waals surface area contributed by atoms with Crippen LogP contribution in [-0.2, 0) is 4.79 Å². The van der Waals surface area contributed by atoms with Crippen LogP contribution in [0, 0.1) is 0 Å². The van der Waals surface area contributed by atoms with Gasteiger partial charge in [-0.15, -0.1) is 0 Å². The van der Waals surface area contributed by atoms with Crippen LogP contribution in [-0.4, -0.2) is 54.2 Å². The molecule has 0 bridgehead atoms. The van der Waals surface area contributed by atoms with E-state index in [0.717, 1.165) is 0 Å². The van der Waals surface area contributed by atoms with Crippen LogP contribution in [0.3, 0.4) is 0 Å². The van der Waals surface area contributed by atoms with Crippen molar-refractivity contribution in [2.45, 2.75) is 12.1 Å². The van der Waals surface area contributed by atoms with Gasteiger partial charge in [0.05, 0.1) is 6.54 Å². The summed E-state index contributed by atoms with van der Waals surface area (Å²) in [6.45, 7) is 2.94. The van der Waals surface area contributed by atoms with E-state index in [1.54, 1.807) is 25.1 Å². The molecule has 0 aliphatic rings. The van der Waals surface area contributed by atoms with Crippen molar-refractivity contribution in [1.82, 2.24) is 14.9 Å². The van der Waals surface area contributed by atoms with E-state index < -0.39 is 0 Å².